The number of hydrogen-bond acceptors (Lipinski definition) is 6. The molecule has 1 aliphatic heterocycles. The van der Waals surface area contributed by atoms with Gasteiger partial charge in [-0.05, 0) is 35.9 Å². The van der Waals surface area contributed by atoms with Gasteiger partial charge in [0, 0.05) is 24.5 Å². The number of anilines is 2. The lowest BCUT2D eigenvalue weighted by Gasteiger charge is -2.21. The molecule has 9 nitrogen and oxygen atoms in total. The van der Waals surface area contributed by atoms with E-state index >= 15 is 0 Å². The van der Waals surface area contributed by atoms with Gasteiger partial charge in [-0.25, -0.2) is 17.8 Å². The van der Waals surface area contributed by atoms with Gasteiger partial charge >= 0.3 is 0 Å². The fourth-order valence-electron chi connectivity index (χ4n) is 3.00. The molecule has 2 aromatic rings. The predicted molar refractivity (Wildman–Crippen MR) is 108 cm³/mol. The second-order valence-electron chi connectivity index (χ2n) is 6.80. The molecule has 2 amide bonds. The summed E-state index contributed by atoms with van der Waals surface area (Å²) in [6.07, 6.45) is 2.07. The molecule has 0 saturated carbocycles. The summed E-state index contributed by atoms with van der Waals surface area (Å²) in [5, 5.41) is 13.2. The summed E-state index contributed by atoms with van der Waals surface area (Å²) in [5.74, 6) is -2.27. The number of rotatable bonds is 6. The molecule has 3 N–H and O–H groups in total. The third kappa shape index (κ3) is 4.86. The molecule has 0 radical (unpaired) electrons. The average molecular weight is 457 g/mol. The largest absolute Gasteiger partial charge is 0.372 e. The lowest BCUT2D eigenvalue weighted by molar-refractivity contribution is -0.149. The van der Waals surface area contributed by atoms with Gasteiger partial charge in [0.1, 0.15) is 11.6 Å². The first-order valence-corrected chi connectivity index (χ1v) is 11.0. The minimum atomic E-state index is -3.50. The molecule has 0 aliphatic carbocycles. The number of pyridine rings is 1. The second kappa shape index (κ2) is 8.17. The van der Waals surface area contributed by atoms with Crippen LogP contribution in [0.3, 0.4) is 0 Å². The lowest BCUT2D eigenvalue weighted by atomic mass is 10.0. The van der Waals surface area contributed by atoms with Gasteiger partial charge in [-0.2, -0.15) is 0 Å². The highest BCUT2D eigenvalue weighted by atomic mass is 35.5. The summed E-state index contributed by atoms with van der Waals surface area (Å²) in [6.45, 7) is -0.0750. The topological polar surface area (TPSA) is 129 Å². The third-order valence-electron chi connectivity index (χ3n) is 4.40. The summed E-state index contributed by atoms with van der Waals surface area (Å²) < 4.78 is 38.1. The fraction of sp³-hybridized carbons (Fsp3) is 0.278. The second-order valence-corrected chi connectivity index (χ2v) is 8.99. The Morgan fingerprint density at radius 3 is 2.70 bits per heavy atom. The maximum Gasteiger partial charge on any atom is 0.268 e. The SMILES string of the molecule is CS(=O)(=O)Nc1ccc(N2CCC(O)(C(=O)NCc3cc(F)cc(Cl)c3)C2=O)cn1. The maximum absolute atomic E-state index is 13.4. The number of hydrogen-bond donors (Lipinski definition) is 3. The van der Waals surface area contributed by atoms with Crippen LogP contribution in [0.1, 0.15) is 12.0 Å². The summed E-state index contributed by atoms with van der Waals surface area (Å²) in [4.78, 5) is 30.3. The molecule has 1 fully saturated rings. The summed E-state index contributed by atoms with van der Waals surface area (Å²) >= 11 is 5.77. The van der Waals surface area contributed by atoms with Gasteiger partial charge in [-0.1, -0.05) is 11.6 Å². The number of carbonyl (C=O) groups excluding carboxylic acids is 2. The number of carbonyl (C=O) groups is 2. The number of aliphatic hydroxyl groups is 1. The first-order valence-electron chi connectivity index (χ1n) is 8.69. The van der Waals surface area contributed by atoms with Crippen LogP contribution in [0.5, 0.6) is 0 Å². The van der Waals surface area contributed by atoms with Crippen molar-refractivity contribution in [3.05, 3.63) is 52.9 Å². The zero-order valence-electron chi connectivity index (χ0n) is 15.7. The number of halogens is 2. The number of nitrogens with one attached hydrogen (secondary N) is 2. The maximum atomic E-state index is 13.4. The molecule has 3 rings (SSSR count). The van der Waals surface area contributed by atoms with Gasteiger partial charge in [-0.15, -0.1) is 0 Å². The molecule has 1 saturated heterocycles. The Morgan fingerprint density at radius 2 is 2.10 bits per heavy atom. The Kier molecular flexibility index (Phi) is 5.97. The van der Waals surface area contributed by atoms with Crippen molar-refractivity contribution in [2.75, 3.05) is 22.4 Å². The Bertz CT molecular complexity index is 1080. The summed E-state index contributed by atoms with van der Waals surface area (Å²) in [5.41, 5.74) is -1.63. The van der Waals surface area contributed by atoms with Crippen molar-refractivity contribution < 1.29 is 27.5 Å². The molecule has 1 aromatic carbocycles. The van der Waals surface area contributed by atoms with Crippen LogP contribution in [-0.4, -0.2) is 48.7 Å². The standard InChI is InChI=1S/C18H18ClFN4O5S/c1-30(28,29)23-15-3-2-14(10-21-15)24-5-4-18(27,17(24)26)16(25)22-9-11-6-12(19)8-13(20)7-11/h2-3,6-8,10,27H,4-5,9H2,1H3,(H,21,23)(H,22,25). The highest BCUT2D eigenvalue weighted by molar-refractivity contribution is 7.92. The third-order valence-corrected chi connectivity index (χ3v) is 5.19. The minimum Gasteiger partial charge on any atom is -0.372 e. The summed E-state index contributed by atoms with van der Waals surface area (Å²) in [7, 11) is -3.50. The van der Waals surface area contributed by atoms with Crippen molar-refractivity contribution in [1.29, 1.82) is 0 Å². The van der Waals surface area contributed by atoms with Crippen LogP contribution >= 0.6 is 11.6 Å². The van der Waals surface area contributed by atoms with Crippen LogP contribution < -0.4 is 14.9 Å². The molecule has 30 heavy (non-hydrogen) atoms. The Hall–Kier alpha value is -2.76. The Morgan fingerprint density at radius 1 is 1.37 bits per heavy atom. The van der Waals surface area contributed by atoms with E-state index in [0.29, 0.717) is 11.3 Å². The van der Waals surface area contributed by atoms with Crippen molar-refractivity contribution in [3.8, 4) is 0 Å². The Labute approximate surface area is 176 Å². The van der Waals surface area contributed by atoms with E-state index in [-0.39, 0.29) is 30.4 Å². The Balaban J connectivity index is 1.68. The van der Waals surface area contributed by atoms with E-state index in [4.69, 9.17) is 11.6 Å². The van der Waals surface area contributed by atoms with E-state index in [1.54, 1.807) is 0 Å². The van der Waals surface area contributed by atoms with E-state index in [1.807, 2.05) is 0 Å². The summed E-state index contributed by atoms with van der Waals surface area (Å²) in [6, 6.07) is 6.54. The van der Waals surface area contributed by atoms with Crippen LogP contribution in [0.15, 0.2) is 36.5 Å². The molecule has 12 heteroatoms. The highest BCUT2D eigenvalue weighted by Gasteiger charge is 2.51. The predicted octanol–water partition coefficient (Wildman–Crippen LogP) is 1.03. The van der Waals surface area contributed by atoms with Gasteiger partial charge in [0.25, 0.3) is 11.8 Å². The van der Waals surface area contributed by atoms with Gasteiger partial charge < -0.3 is 15.3 Å². The molecule has 1 unspecified atom stereocenters. The smallest absolute Gasteiger partial charge is 0.268 e. The molecule has 0 spiro atoms. The van der Waals surface area contributed by atoms with Crippen molar-refractivity contribution in [2.24, 2.45) is 0 Å². The molecule has 0 bridgehead atoms. The monoisotopic (exact) mass is 456 g/mol. The van der Waals surface area contributed by atoms with E-state index in [1.165, 1.54) is 35.4 Å². The van der Waals surface area contributed by atoms with Crippen LogP contribution in [0.25, 0.3) is 0 Å². The van der Waals surface area contributed by atoms with Gasteiger partial charge in [0.15, 0.2) is 0 Å². The molecular weight excluding hydrogens is 439 g/mol. The molecule has 1 aromatic heterocycles. The van der Waals surface area contributed by atoms with Crippen molar-refractivity contribution in [2.45, 2.75) is 18.6 Å². The first-order chi connectivity index (χ1) is 14.0. The molecular formula is C18H18ClFN4O5S. The first kappa shape index (κ1) is 21.9. The van der Waals surface area contributed by atoms with Crippen LogP contribution in [0.2, 0.25) is 5.02 Å². The number of sulfonamides is 1. The average Bonchev–Trinajstić information content (AvgIpc) is 2.95. The van der Waals surface area contributed by atoms with E-state index in [2.05, 4.69) is 15.0 Å². The van der Waals surface area contributed by atoms with Gasteiger partial charge in [0.05, 0.1) is 18.1 Å². The lowest BCUT2D eigenvalue weighted by Crippen LogP contribution is -2.52. The van der Waals surface area contributed by atoms with Crippen molar-refractivity contribution >= 4 is 44.9 Å². The normalized spacial score (nSPS) is 19.1. The van der Waals surface area contributed by atoms with E-state index in [9.17, 15) is 27.5 Å². The molecule has 1 atom stereocenters. The van der Waals surface area contributed by atoms with Crippen LogP contribution in [-0.2, 0) is 26.2 Å². The van der Waals surface area contributed by atoms with Gasteiger partial charge in [-0.3, -0.25) is 14.3 Å². The molecule has 160 valence electrons. The zero-order valence-corrected chi connectivity index (χ0v) is 17.3. The van der Waals surface area contributed by atoms with Crippen molar-refractivity contribution in [3.63, 3.8) is 0 Å². The number of aromatic nitrogens is 1. The fourth-order valence-corrected chi connectivity index (χ4v) is 3.74. The van der Waals surface area contributed by atoms with Crippen LogP contribution in [0.4, 0.5) is 15.9 Å². The number of nitrogens with zero attached hydrogens (tertiary/aromatic N) is 2. The van der Waals surface area contributed by atoms with Crippen LogP contribution in [0, 0.1) is 5.82 Å². The van der Waals surface area contributed by atoms with Gasteiger partial charge in [0.2, 0.25) is 15.6 Å². The quantitative estimate of drug-likeness (QED) is 0.557. The number of amides is 2. The number of benzene rings is 1. The van der Waals surface area contributed by atoms with E-state index in [0.717, 1.165) is 12.3 Å². The molecule has 2 heterocycles. The molecule has 1 aliphatic rings. The minimum absolute atomic E-state index is 0.0507. The van der Waals surface area contributed by atoms with Crippen molar-refractivity contribution in [1.82, 2.24) is 10.3 Å². The van der Waals surface area contributed by atoms with E-state index < -0.39 is 33.3 Å². The zero-order chi connectivity index (χ0) is 22.1. The highest BCUT2D eigenvalue weighted by Crippen LogP contribution is 2.29.